The molecule has 0 radical (unpaired) electrons. The summed E-state index contributed by atoms with van der Waals surface area (Å²) in [6.45, 7) is 8.83. The summed E-state index contributed by atoms with van der Waals surface area (Å²) in [5.41, 5.74) is 4.62. The number of ether oxygens (including phenoxy) is 1. The quantitative estimate of drug-likeness (QED) is 0.819. The number of aromatic nitrogens is 1. The summed E-state index contributed by atoms with van der Waals surface area (Å²) in [6.07, 6.45) is 1.89. The van der Waals surface area contributed by atoms with Crippen LogP contribution >= 0.6 is 11.8 Å². The summed E-state index contributed by atoms with van der Waals surface area (Å²) in [4.78, 5) is 6.99. The van der Waals surface area contributed by atoms with Crippen molar-refractivity contribution in [3.8, 4) is 5.75 Å². The first-order valence-corrected chi connectivity index (χ1v) is 9.78. The van der Waals surface area contributed by atoms with Crippen molar-refractivity contribution in [1.29, 1.82) is 0 Å². The van der Waals surface area contributed by atoms with Crippen molar-refractivity contribution in [2.45, 2.75) is 27.4 Å². The Bertz CT molecular complexity index is 699. The van der Waals surface area contributed by atoms with Gasteiger partial charge in [0, 0.05) is 36.5 Å². The van der Waals surface area contributed by atoms with Crippen LogP contribution in [0.25, 0.3) is 0 Å². The maximum atomic E-state index is 6.03. The lowest BCUT2D eigenvalue weighted by molar-refractivity contribution is 0.310. The lowest BCUT2D eigenvalue weighted by Gasteiger charge is -2.30. The third-order valence-electron chi connectivity index (χ3n) is 4.14. The molecule has 0 aliphatic carbocycles. The molecule has 0 atom stereocenters. The summed E-state index contributed by atoms with van der Waals surface area (Å²) in [6, 6.07) is 8.32. The van der Waals surface area contributed by atoms with Crippen LogP contribution in [0.1, 0.15) is 25.0 Å². The smallest absolute Gasteiger partial charge is 0.143 e. The van der Waals surface area contributed by atoms with Crippen molar-refractivity contribution in [2.75, 3.05) is 34.8 Å². The van der Waals surface area contributed by atoms with Crippen LogP contribution in [0.5, 0.6) is 5.75 Å². The van der Waals surface area contributed by atoms with Crippen LogP contribution < -0.4 is 15.0 Å². The Morgan fingerprint density at radius 1 is 1.17 bits per heavy atom. The molecule has 2 aliphatic heterocycles. The minimum Gasteiger partial charge on any atom is -0.487 e. The molecule has 1 fully saturated rings. The van der Waals surface area contributed by atoms with Crippen LogP contribution in [0.15, 0.2) is 30.5 Å². The number of thioether (sulfide) groups is 1. The molecule has 24 heavy (non-hydrogen) atoms. The van der Waals surface area contributed by atoms with Gasteiger partial charge in [-0.25, -0.2) is 4.98 Å². The van der Waals surface area contributed by atoms with Gasteiger partial charge in [0.25, 0.3) is 0 Å². The Kier molecular flexibility index (Phi) is 5.51. The monoisotopic (exact) mass is 343 g/mol. The van der Waals surface area contributed by atoms with E-state index in [1.54, 1.807) is 0 Å². The standard InChI is InChI=1S/C17H19N3OS.C2H6/c1-12-2-3-16-14(10-12)19-17-13(11-21-16)15(4-5-18-17)20-6-8-22-9-7-20;1-2/h2-5,10H,6-9,11H2,1H3,(H,18,19);1-2H3. The van der Waals surface area contributed by atoms with Gasteiger partial charge in [-0.05, 0) is 30.7 Å². The number of anilines is 3. The summed E-state index contributed by atoms with van der Waals surface area (Å²) >= 11 is 2.02. The molecule has 2 aromatic rings. The average Bonchev–Trinajstić information content (AvgIpc) is 2.82. The molecule has 4 nitrogen and oxygen atoms in total. The normalized spacial score (nSPS) is 15.7. The number of hydrogen-bond acceptors (Lipinski definition) is 5. The van der Waals surface area contributed by atoms with Gasteiger partial charge in [0.15, 0.2) is 0 Å². The first kappa shape index (κ1) is 17.0. The van der Waals surface area contributed by atoms with Crippen LogP contribution in [0.2, 0.25) is 0 Å². The summed E-state index contributed by atoms with van der Waals surface area (Å²) in [5.74, 6) is 4.18. The van der Waals surface area contributed by atoms with Crippen molar-refractivity contribution in [1.82, 2.24) is 4.98 Å². The minimum absolute atomic E-state index is 0.561. The van der Waals surface area contributed by atoms with Gasteiger partial charge in [0.05, 0.1) is 11.3 Å². The highest BCUT2D eigenvalue weighted by Gasteiger charge is 2.21. The Morgan fingerprint density at radius 2 is 1.96 bits per heavy atom. The Labute approximate surface area is 148 Å². The number of fused-ring (bicyclic) bond motifs is 2. The van der Waals surface area contributed by atoms with E-state index < -0.39 is 0 Å². The molecule has 1 N–H and O–H groups in total. The van der Waals surface area contributed by atoms with Crippen molar-refractivity contribution < 1.29 is 4.74 Å². The van der Waals surface area contributed by atoms with Crippen LogP contribution in [0.3, 0.4) is 0 Å². The van der Waals surface area contributed by atoms with Crippen molar-refractivity contribution in [2.24, 2.45) is 0 Å². The van der Waals surface area contributed by atoms with Crippen LogP contribution in [-0.2, 0) is 6.61 Å². The Balaban J connectivity index is 0.000000815. The average molecular weight is 343 g/mol. The Morgan fingerprint density at radius 3 is 2.75 bits per heavy atom. The van der Waals surface area contributed by atoms with Gasteiger partial charge in [-0.2, -0.15) is 11.8 Å². The van der Waals surface area contributed by atoms with Gasteiger partial charge in [-0.1, -0.05) is 19.9 Å². The third kappa shape index (κ3) is 3.46. The lowest BCUT2D eigenvalue weighted by Crippen LogP contribution is -2.33. The molecule has 0 amide bonds. The van der Waals surface area contributed by atoms with Gasteiger partial charge < -0.3 is 15.0 Å². The number of nitrogens with zero attached hydrogens (tertiary/aromatic N) is 2. The maximum Gasteiger partial charge on any atom is 0.143 e. The van der Waals surface area contributed by atoms with Gasteiger partial charge in [-0.3, -0.25) is 0 Å². The lowest BCUT2D eigenvalue weighted by atomic mass is 10.2. The fourth-order valence-electron chi connectivity index (χ4n) is 2.98. The molecular formula is C19H25N3OS. The van der Waals surface area contributed by atoms with E-state index in [1.807, 2.05) is 37.9 Å². The zero-order chi connectivity index (χ0) is 16.9. The van der Waals surface area contributed by atoms with Gasteiger partial charge in [0.1, 0.15) is 18.2 Å². The van der Waals surface area contributed by atoms with Gasteiger partial charge in [-0.15, -0.1) is 0 Å². The van der Waals surface area contributed by atoms with E-state index in [1.165, 1.54) is 22.8 Å². The fraction of sp³-hybridized carbons (Fsp3) is 0.421. The van der Waals surface area contributed by atoms with Crippen molar-refractivity contribution in [3.63, 3.8) is 0 Å². The van der Waals surface area contributed by atoms with E-state index in [0.717, 1.165) is 35.9 Å². The number of rotatable bonds is 1. The molecule has 3 heterocycles. The van der Waals surface area contributed by atoms with Crippen LogP contribution in [0, 0.1) is 6.92 Å². The SMILES string of the molecule is CC.Cc1ccc2c(c1)Nc1nccc(N3CCSCC3)c1CO2. The molecule has 0 bridgehead atoms. The molecule has 2 aliphatic rings. The highest BCUT2D eigenvalue weighted by molar-refractivity contribution is 7.99. The minimum atomic E-state index is 0.561. The highest BCUT2D eigenvalue weighted by Crippen LogP contribution is 2.37. The number of aryl methyl sites for hydroxylation is 1. The van der Waals surface area contributed by atoms with E-state index in [9.17, 15) is 0 Å². The van der Waals surface area contributed by atoms with E-state index in [4.69, 9.17) is 4.74 Å². The molecular weight excluding hydrogens is 318 g/mol. The zero-order valence-electron chi connectivity index (χ0n) is 14.6. The second-order valence-corrected chi connectivity index (χ2v) is 6.89. The van der Waals surface area contributed by atoms with Gasteiger partial charge >= 0.3 is 0 Å². The molecule has 1 saturated heterocycles. The molecule has 0 unspecified atom stereocenters. The van der Waals surface area contributed by atoms with E-state index in [2.05, 4.69) is 40.3 Å². The summed E-state index contributed by atoms with van der Waals surface area (Å²) < 4.78 is 6.03. The molecule has 0 saturated carbocycles. The first-order valence-electron chi connectivity index (χ1n) is 8.62. The topological polar surface area (TPSA) is 37.4 Å². The predicted octanol–water partition coefficient (Wildman–Crippen LogP) is 4.61. The molecule has 0 spiro atoms. The molecule has 128 valence electrons. The number of hydrogen-bond donors (Lipinski definition) is 1. The van der Waals surface area contributed by atoms with Crippen molar-refractivity contribution >= 4 is 29.0 Å². The van der Waals surface area contributed by atoms with Crippen molar-refractivity contribution in [3.05, 3.63) is 41.6 Å². The second-order valence-electron chi connectivity index (χ2n) is 5.67. The number of benzene rings is 1. The van der Waals surface area contributed by atoms with Gasteiger partial charge in [0.2, 0.25) is 0 Å². The molecule has 5 heteroatoms. The second kappa shape index (κ2) is 7.79. The highest BCUT2D eigenvalue weighted by atomic mass is 32.2. The predicted molar refractivity (Wildman–Crippen MR) is 104 cm³/mol. The summed E-state index contributed by atoms with van der Waals surface area (Å²) in [7, 11) is 0. The maximum absolute atomic E-state index is 6.03. The van der Waals surface area contributed by atoms with Crippen LogP contribution in [0.4, 0.5) is 17.2 Å². The Hall–Kier alpha value is -1.88. The zero-order valence-corrected chi connectivity index (χ0v) is 15.4. The molecule has 1 aromatic carbocycles. The first-order chi connectivity index (χ1) is 11.8. The molecule has 4 rings (SSSR count). The number of pyridine rings is 1. The largest absolute Gasteiger partial charge is 0.487 e. The summed E-state index contributed by atoms with van der Waals surface area (Å²) in [5, 5.41) is 3.46. The van der Waals surface area contributed by atoms with E-state index >= 15 is 0 Å². The number of nitrogens with one attached hydrogen (secondary N) is 1. The van der Waals surface area contributed by atoms with E-state index in [0.29, 0.717) is 6.61 Å². The fourth-order valence-corrected chi connectivity index (χ4v) is 3.88. The molecule has 1 aromatic heterocycles. The third-order valence-corrected chi connectivity index (χ3v) is 5.09. The van der Waals surface area contributed by atoms with E-state index in [-0.39, 0.29) is 0 Å². The van der Waals surface area contributed by atoms with Crippen LogP contribution in [-0.4, -0.2) is 29.6 Å².